The zero-order valence-electron chi connectivity index (χ0n) is 12.1. The van der Waals surface area contributed by atoms with Gasteiger partial charge in [-0.2, -0.15) is 0 Å². The SMILES string of the molecule is CCC(OC(C)=O)C1C(Br)C(C)C(=O)N1PC(C)C. The van der Waals surface area contributed by atoms with Crippen molar-refractivity contribution in [1.29, 1.82) is 0 Å². The van der Waals surface area contributed by atoms with Crippen LogP contribution in [0.1, 0.15) is 41.0 Å². The molecule has 0 aromatic heterocycles. The number of hydrogen-bond donors (Lipinski definition) is 0. The number of carbonyl (C=O) groups excluding carboxylic acids is 2. The van der Waals surface area contributed by atoms with E-state index in [9.17, 15) is 9.59 Å². The third-order valence-electron chi connectivity index (χ3n) is 3.23. The normalized spacial score (nSPS) is 29.5. The first-order valence-electron chi connectivity index (χ1n) is 6.70. The van der Waals surface area contributed by atoms with Crippen LogP contribution in [0.3, 0.4) is 0 Å². The molecule has 110 valence electrons. The minimum Gasteiger partial charge on any atom is -0.460 e. The Labute approximate surface area is 125 Å². The van der Waals surface area contributed by atoms with Crippen molar-refractivity contribution >= 4 is 36.5 Å². The lowest BCUT2D eigenvalue weighted by atomic mass is 10.0. The second-order valence-electron chi connectivity index (χ2n) is 5.27. The quantitative estimate of drug-likeness (QED) is 0.434. The fraction of sp³-hybridized carbons (Fsp3) is 0.846. The molecule has 1 rings (SSSR count). The highest BCUT2D eigenvalue weighted by molar-refractivity contribution is 9.09. The zero-order chi connectivity index (χ0) is 14.7. The first-order valence-corrected chi connectivity index (χ1v) is 8.64. The minimum atomic E-state index is -0.286. The summed E-state index contributed by atoms with van der Waals surface area (Å²) in [5.74, 6) is -0.197. The Hall–Kier alpha value is -0.150. The highest BCUT2D eigenvalue weighted by Gasteiger charge is 2.48. The van der Waals surface area contributed by atoms with Crippen LogP contribution in [-0.2, 0) is 14.3 Å². The van der Waals surface area contributed by atoms with Crippen LogP contribution in [0, 0.1) is 5.92 Å². The van der Waals surface area contributed by atoms with Crippen molar-refractivity contribution in [3.63, 3.8) is 0 Å². The number of esters is 1. The molecule has 1 aliphatic heterocycles. The summed E-state index contributed by atoms with van der Waals surface area (Å²) in [5, 5.41) is 0. The van der Waals surface area contributed by atoms with E-state index in [-0.39, 0.29) is 34.8 Å². The van der Waals surface area contributed by atoms with Gasteiger partial charge in [0, 0.05) is 6.92 Å². The van der Waals surface area contributed by atoms with Gasteiger partial charge in [-0.25, -0.2) is 0 Å². The second-order valence-corrected chi connectivity index (χ2v) is 8.22. The number of rotatable bonds is 5. The molecule has 1 saturated heterocycles. The zero-order valence-corrected chi connectivity index (χ0v) is 14.7. The van der Waals surface area contributed by atoms with Crippen molar-refractivity contribution in [3.05, 3.63) is 0 Å². The topological polar surface area (TPSA) is 46.6 Å². The molecule has 1 fully saturated rings. The lowest BCUT2D eigenvalue weighted by molar-refractivity contribution is -0.149. The Morgan fingerprint density at radius 3 is 2.53 bits per heavy atom. The van der Waals surface area contributed by atoms with Crippen molar-refractivity contribution in [2.45, 2.75) is 63.7 Å². The number of carbonyl (C=O) groups is 2. The molecule has 0 aliphatic carbocycles. The molecular formula is C13H23BrNO3P. The van der Waals surface area contributed by atoms with E-state index in [4.69, 9.17) is 4.74 Å². The number of nitrogens with zero attached hydrogens (tertiary/aromatic N) is 1. The van der Waals surface area contributed by atoms with E-state index in [1.807, 2.05) is 18.5 Å². The summed E-state index contributed by atoms with van der Waals surface area (Å²) in [5.41, 5.74) is 0.422. The van der Waals surface area contributed by atoms with Crippen molar-refractivity contribution in [2.24, 2.45) is 5.92 Å². The van der Waals surface area contributed by atoms with Crippen molar-refractivity contribution < 1.29 is 14.3 Å². The fourth-order valence-corrected chi connectivity index (χ4v) is 4.76. The van der Waals surface area contributed by atoms with Crippen molar-refractivity contribution in [2.75, 3.05) is 0 Å². The molecular weight excluding hydrogens is 329 g/mol. The Bertz CT molecular complexity index is 351. The average Bonchev–Trinajstić information content (AvgIpc) is 2.51. The third-order valence-corrected chi connectivity index (χ3v) is 5.87. The highest BCUT2D eigenvalue weighted by Crippen LogP contribution is 2.42. The van der Waals surface area contributed by atoms with E-state index in [2.05, 4.69) is 29.8 Å². The standard InChI is InChI=1S/C13H23BrNO3P/c1-6-10(18-9(5)16)12-11(14)8(4)13(17)15(12)19-7(2)3/h7-8,10-12,19H,6H2,1-5H3. The smallest absolute Gasteiger partial charge is 0.302 e. The van der Waals surface area contributed by atoms with E-state index in [1.54, 1.807) is 0 Å². The first kappa shape index (κ1) is 16.9. The van der Waals surface area contributed by atoms with Gasteiger partial charge in [0.1, 0.15) is 6.10 Å². The van der Waals surface area contributed by atoms with Crippen molar-refractivity contribution in [3.8, 4) is 0 Å². The monoisotopic (exact) mass is 351 g/mol. The lowest BCUT2D eigenvalue weighted by Gasteiger charge is -2.33. The van der Waals surface area contributed by atoms with E-state index in [1.165, 1.54) is 6.92 Å². The molecule has 1 aliphatic rings. The van der Waals surface area contributed by atoms with Gasteiger partial charge < -0.3 is 9.41 Å². The van der Waals surface area contributed by atoms with E-state index >= 15 is 0 Å². The molecule has 5 unspecified atom stereocenters. The number of halogens is 1. The Kier molecular flexibility index (Phi) is 6.25. The molecule has 4 nitrogen and oxygen atoms in total. The van der Waals surface area contributed by atoms with Crippen LogP contribution in [0.15, 0.2) is 0 Å². The second kappa shape index (κ2) is 7.03. The number of ether oxygens (including phenoxy) is 1. The van der Waals surface area contributed by atoms with Gasteiger partial charge in [-0.1, -0.05) is 43.6 Å². The Morgan fingerprint density at radius 1 is 1.53 bits per heavy atom. The van der Waals surface area contributed by atoms with Crippen LogP contribution >= 0.6 is 24.7 Å². The summed E-state index contributed by atoms with van der Waals surface area (Å²) in [6, 6.07) is -0.0582. The largest absolute Gasteiger partial charge is 0.460 e. The third kappa shape index (κ3) is 3.91. The van der Waals surface area contributed by atoms with E-state index in [0.717, 1.165) is 0 Å². The van der Waals surface area contributed by atoms with Gasteiger partial charge >= 0.3 is 5.97 Å². The van der Waals surface area contributed by atoms with Crippen LogP contribution in [-0.4, -0.2) is 39.2 Å². The van der Waals surface area contributed by atoms with E-state index < -0.39 is 0 Å². The summed E-state index contributed by atoms with van der Waals surface area (Å²) in [4.78, 5) is 23.6. The molecule has 0 saturated carbocycles. The molecule has 0 radical (unpaired) electrons. The van der Waals surface area contributed by atoms with Gasteiger partial charge in [0.15, 0.2) is 0 Å². The molecule has 1 heterocycles. The van der Waals surface area contributed by atoms with Crippen LogP contribution in [0.5, 0.6) is 0 Å². The molecule has 6 heteroatoms. The van der Waals surface area contributed by atoms with Crippen LogP contribution in [0.4, 0.5) is 0 Å². The van der Waals surface area contributed by atoms with Gasteiger partial charge in [-0.05, 0) is 20.8 Å². The maximum absolute atomic E-state index is 12.3. The maximum atomic E-state index is 12.3. The van der Waals surface area contributed by atoms with E-state index in [0.29, 0.717) is 20.8 Å². The molecule has 0 aromatic carbocycles. The van der Waals surface area contributed by atoms with Gasteiger partial charge in [0.25, 0.3) is 0 Å². The highest BCUT2D eigenvalue weighted by atomic mass is 79.9. The summed E-state index contributed by atoms with van der Waals surface area (Å²) in [7, 11) is 0.430. The summed E-state index contributed by atoms with van der Waals surface area (Å²) < 4.78 is 7.31. The minimum absolute atomic E-state index is 0.0375. The molecule has 0 bridgehead atoms. The first-order chi connectivity index (χ1) is 8.79. The summed E-state index contributed by atoms with van der Waals surface area (Å²) in [6.07, 6.45) is 0.479. The molecule has 0 N–H and O–H groups in total. The van der Waals surface area contributed by atoms with Gasteiger partial charge in [-0.3, -0.25) is 9.59 Å². The number of amides is 1. The van der Waals surface area contributed by atoms with Gasteiger partial charge in [-0.15, -0.1) is 0 Å². The average molecular weight is 352 g/mol. The molecule has 0 aromatic rings. The summed E-state index contributed by atoms with van der Waals surface area (Å²) >= 11 is 3.62. The predicted octanol–water partition coefficient (Wildman–Crippen LogP) is 2.94. The van der Waals surface area contributed by atoms with Gasteiger partial charge in [0.2, 0.25) is 5.91 Å². The molecule has 19 heavy (non-hydrogen) atoms. The molecule has 0 spiro atoms. The van der Waals surface area contributed by atoms with Crippen LogP contribution in [0.2, 0.25) is 0 Å². The predicted molar refractivity (Wildman–Crippen MR) is 81.8 cm³/mol. The fourth-order valence-electron chi connectivity index (χ4n) is 2.35. The van der Waals surface area contributed by atoms with Crippen LogP contribution < -0.4 is 0 Å². The van der Waals surface area contributed by atoms with Crippen molar-refractivity contribution in [1.82, 2.24) is 4.67 Å². The molecule has 5 atom stereocenters. The van der Waals surface area contributed by atoms with Crippen LogP contribution in [0.25, 0.3) is 0 Å². The number of alkyl halides is 1. The molecule has 1 amide bonds. The summed E-state index contributed by atoms with van der Waals surface area (Å²) in [6.45, 7) is 9.53. The van der Waals surface area contributed by atoms with Gasteiger partial charge in [0.05, 0.1) is 16.8 Å². The maximum Gasteiger partial charge on any atom is 0.302 e. The Morgan fingerprint density at radius 2 is 2.11 bits per heavy atom. The lowest BCUT2D eigenvalue weighted by Crippen LogP contribution is -2.42. The number of hydrogen-bond acceptors (Lipinski definition) is 3. The Balaban J connectivity index is 2.97.